The lowest BCUT2D eigenvalue weighted by atomic mass is 9.89. The van der Waals surface area contributed by atoms with Gasteiger partial charge in [-0.2, -0.15) is 0 Å². The Morgan fingerprint density at radius 2 is 1.44 bits per heavy atom. The largest absolute Gasteiger partial charge is 0.461 e. The number of hydrogen-bond acceptors (Lipinski definition) is 5. The second-order valence-corrected chi connectivity index (χ2v) is 10.1. The van der Waals surface area contributed by atoms with E-state index in [0.29, 0.717) is 30.2 Å². The van der Waals surface area contributed by atoms with Crippen LogP contribution in [0.1, 0.15) is 54.0 Å². The third kappa shape index (κ3) is 5.62. The third-order valence-corrected chi connectivity index (χ3v) is 6.75. The first-order chi connectivity index (χ1) is 17.0. The number of allylic oxidation sites excluding steroid dienone is 5. The summed E-state index contributed by atoms with van der Waals surface area (Å²) in [4.78, 5) is 31.9. The van der Waals surface area contributed by atoms with Gasteiger partial charge in [-0.25, -0.2) is 0 Å². The predicted molar refractivity (Wildman–Crippen MR) is 150 cm³/mol. The first-order valence-electron chi connectivity index (χ1n) is 12.6. The topological polar surface area (TPSA) is 53.1 Å². The highest BCUT2D eigenvalue weighted by Gasteiger charge is 2.40. The zero-order chi connectivity index (χ0) is 26.6. The van der Waals surface area contributed by atoms with Crippen molar-refractivity contribution >= 4 is 40.9 Å². The summed E-state index contributed by atoms with van der Waals surface area (Å²) in [5.41, 5.74) is 2.54. The maximum Gasteiger partial charge on any atom is 0.266 e. The summed E-state index contributed by atoms with van der Waals surface area (Å²) in [7, 11) is 0. The second kappa shape index (κ2) is 11.2. The number of likely N-dealkylation sites (N-methyl/N-ethyl adjacent to an activating group) is 2. The van der Waals surface area contributed by atoms with Gasteiger partial charge in [0.05, 0.1) is 0 Å². The van der Waals surface area contributed by atoms with Gasteiger partial charge in [0.1, 0.15) is 17.1 Å². The van der Waals surface area contributed by atoms with E-state index < -0.39 is 0 Å². The molecule has 0 unspecified atom stereocenters. The Bertz CT molecular complexity index is 1120. The van der Waals surface area contributed by atoms with Crippen LogP contribution < -0.4 is 4.90 Å². The molecule has 6 nitrogen and oxygen atoms in total. The normalized spacial score (nSPS) is 17.0. The first kappa shape index (κ1) is 27.4. The monoisotopic (exact) mass is 507 g/mol. The van der Waals surface area contributed by atoms with Gasteiger partial charge in [0.25, 0.3) is 11.8 Å². The number of ether oxygens (including phenoxy) is 1. The first-order valence-corrected chi connectivity index (χ1v) is 13.0. The maximum atomic E-state index is 13.3. The molecule has 2 amide bonds. The highest BCUT2D eigenvalue weighted by atomic mass is 32.1. The summed E-state index contributed by atoms with van der Waals surface area (Å²) in [6.07, 6.45) is 7.42. The van der Waals surface area contributed by atoms with Gasteiger partial charge in [0, 0.05) is 37.3 Å². The summed E-state index contributed by atoms with van der Waals surface area (Å²) in [5.74, 6) is 0.511. The van der Waals surface area contributed by atoms with E-state index in [-0.39, 0.29) is 27.9 Å². The number of carbonyl (C=O) groups is 2. The van der Waals surface area contributed by atoms with Crippen molar-refractivity contribution in [1.29, 1.82) is 0 Å². The molecule has 1 aromatic rings. The fourth-order valence-electron chi connectivity index (χ4n) is 4.17. The van der Waals surface area contributed by atoms with Crippen molar-refractivity contribution in [2.75, 3.05) is 31.1 Å². The molecule has 0 atom stereocenters. The average Bonchev–Trinajstić information content (AvgIpc) is 2.84. The van der Waals surface area contributed by atoms with Crippen LogP contribution in [0.2, 0.25) is 0 Å². The Hall–Kier alpha value is -3.19. The Morgan fingerprint density at radius 1 is 0.889 bits per heavy atom. The molecular weight excluding hydrogens is 470 g/mol. The predicted octanol–water partition coefficient (Wildman–Crippen LogP) is 5.68. The second-order valence-electron chi connectivity index (χ2n) is 9.72. The van der Waals surface area contributed by atoms with Gasteiger partial charge in [-0.1, -0.05) is 39.0 Å². The van der Waals surface area contributed by atoms with E-state index in [9.17, 15) is 9.59 Å². The number of nitrogens with zero attached hydrogens (tertiary/aromatic N) is 3. The van der Waals surface area contributed by atoms with E-state index in [4.69, 9.17) is 17.0 Å². The van der Waals surface area contributed by atoms with Gasteiger partial charge >= 0.3 is 0 Å². The van der Waals surface area contributed by atoms with E-state index in [1.54, 1.807) is 12.2 Å². The summed E-state index contributed by atoms with van der Waals surface area (Å²) in [6.45, 7) is 16.8. The summed E-state index contributed by atoms with van der Waals surface area (Å²) in [5, 5.41) is 0.253. The molecule has 2 heterocycles. The zero-order valence-corrected chi connectivity index (χ0v) is 23.2. The fraction of sp³-hybridized carbons (Fsp3) is 0.414. The van der Waals surface area contributed by atoms with Crippen LogP contribution in [-0.2, 0) is 14.3 Å². The van der Waals surface area contributed by atoms with Crippen LogP contribution in [0.3, 0.4) is 0 Å². The molecule has 1 saturated heterocycles. The Kier molecular flexibility index (Phi) is 8.56. The lowest BCUT2D eigenvalue weighted by molar-refractivity contribution is -0.133. The van der Waals surface area contributed by atoms with Gasteiger partial charge in [0.15, 0.2) is 5.11 Å². The van der Waals surface area contributed by atoms with Crippen molar-refractivity contribution in [2.24, 2.45) is 5.41 Å². The van der Waals surface area contributed by atoms with Crippen LogP contribution >= 0.6 is 12.2 Å². The summed E-state index contributed by atoms with van der Waals surface area (Å²) in [6, 6.07) is 8.36. The molecule has 2 aliphatic rings. The van der Waals surface area contributed by atoms with Crippen LogP contribution in [0.15, 0.2) is 65.2 Å². The zero-order valence-electron chi connectivity index (χ0n) is 22.4. The van der Waals surface area contributed by atoms with Gasteiger partial charge in [-0.3, -0.25) is 19.4 Å². The van der Waals surface area contributed by atoms with Crippen molar-refractivity contribution < 1.29 is 14.3 Å². The molecule has 0 aromatic heterocycles. The molecule has 0 saturated carbocycles. The number of amides is 2. The van der Waals surface area contributed by atoms with Crippen LogP contribution in [0.25, 0.3) is 6.08 Å². The van der Waals surface area contributed by atoms with Gasteiger partial charge in [0.2, 0.25) is 0 Å². The Labute approximate surface area is 220 Å². The Morgan fingerprint density at radius 3 is 1.92 bits per heavy atom. The summed E-state index contributed by atoms with van der Waals surface area (Å²) >= 11 is 5.42. The van der Waals surface area contributed by atoms with Crippen molar-refractivity contribution in [3.8, 4) is 0 Å². The van der Waals surface area contributed by atoms with Gasteiger partial charge in [-0.05, 0) is 81.4 Å². The number of carbonyl (C=O) groups excluding carboxylic acids is 2. The molecule has 3 rings (SSSR count). The minimum Gasteiger partial charge on any atom is -0.461 e. The standard InChI is InChI=1S/C29H37N3O3S/c1-8-30(9-2)22-15-12-20(13-16-22)14-17-23-18-21(19-24(35-23)29(5,6)7)25-26(33)31(10-3)28(36)32(11-4)27(25)34/h12-19H,8-11H2,1-7H3/b17-14+. The SMILES string of the molecule is CCN1C(=O)C(=C2C=C(/C=C/c3ccc(N(CC)CC)cc3)OC(C(C)(C)C)=C2)C(=O)N(CC)C1=S. The van der Waals surface area contributed by atoms with E-state index in [2.05, 4.69) is 43.0 Å². The van der Waals surface area contributed by atoms with Gasteiger partial charge < -0.3 is 9.64 Å². The molecule has 0 N–H and O–H groups in total. The molecule has 0 aliphatic carbocycles. The number of benzene rings is 1. The maximum absolute atomic E-state index is 13.3. The molecule has 7 heteroatoms. The number of rotatable bonds is 7. The molecule has 1 fully saturated rings. The highest BCUT2D eigenvalue weighted by molar-refractivity contribution is 7.80. The lowest BCUT2D eigenvalue weighted by Gasteiger charge is -2.36. The molecule has 192 valence electrons. The number of hydrogen-bond donors (Lipinski definition) is 0. The van der Waals surface area contributed by atoms with Crippen LogP contribution in [0.4, 0.5) is 5.69 Å². The molecule has 36 heavy (non-hydrogen) atoms. The highest BCUT2D eigenvalue weighted by Crippen LogP contribution is 2.35. The molecule has 2 aliphatic heterocycles. The summed E-state index contributed by atoms with van der Waals surface area (Å²) < 4.78 is 6.21. The molecular formula is C29H37N3O3S. The molecule has 1 aromatic carbocycles. The lowest BCUT2D eigenvalue weighted by Crippen LogP contribution is -2.56. The van der Waals surface area contributed by atoms with E-state index in [1.807, 2.05) is 46.8 Å². The quantitative estimate of drug-likeness (QED) is 0.270. The van der Waals surface area contributed by atoms with E-state index in [0.717, 1.165) is 18.7 Å². The Balaban J connectivity index is 2.03. The minimum atomic E-state index is -0.370. The van der Waals surface area contributed by atoms with Crippen LogP contribution in [0, 0.1) is 5.41 Å². The van der Waals surface area contributed by atoms with Crippen LogP contribution in [0.5, 0.6) is 0 Å². The van der Waals surface area contributed by atoms with Crippen molar-refractivity contribution in [3.63, 3.8) is 0 Å². The van der Waals surface area contributed by atoms with Gasteiger partial charge in [-0.15, -0.1) is 0 Å². The molecule has 0 bridgehead atoms. The van der Waals surface area contributed by atoms with Crippen molar-refractivity contribution in [2.45, 2.75) is 48.5 Å². The molecule has 0 spiro atoms. The smallest absolute Gasteiger partial charge is 0.266 e. The van der Waals surface area contributed by atoms with E-state index >= 15 is 0 Å². The number of thiocarbonyl (C=S) groups is 1. The third-order valence-electron chi connectivity index (χ3n) is 6.31. The average molecular weight is 508 g/mol. The van der Waals surface area contributed by atoms with Crippen LogP contribution in [-0.4, -0.2) is 52.9 Å². The van der Waals surface area contributed by atoms with E-state index in [1.165, 1.54) is 15.5 Å². The minimum absolute atomic E-state index is 0.117. The van der Waals surface area contributed by atoms with Crippen molar-refractivity contribution in [3.05, 3.63) is 70.7 Å². The van der Waals surface area contributed by atoms with Crippen molar-refractivity contribution in [1.82, 2.24) is 9.80 Å². The number of anilines is 1. The fourth-order valence-corrected chi connectivity index (χ4v) is 4.59. The molecule has 0 radical (unpaired) electrons.